The van der Waals surface area contributed by atoms with Crippen molar-refractivity contribution in [3.05, 3.63) is 0 Å². The van der Waals surface area contributed by atoms with Gasteiger partial charge in [0, 0.05) is 13.6 Å². The summed E-state index contributed by atoms with van der Waals surface area (Å²) in [5.74, 6) is -0.264. The average molecular weight is 227 g/mol. The number of nitrogens with zero attached hydrogens (tertiary/aromatic N) is 2. The Bertz CT molecular complexity index is 252. The summed E-state index contributed by atoms with van der Waals surface area (Å²) >= 11 is 0. The number of amides is 2. The first-order valence-corrected chi connectivity index (χ1v) is 4.92. The molecule has 7 nitrogen and oxygen atoms in total. The van der Waals surface area contributed by atoms with Crippen LogP contribution in [-0.4, -0.2) is 51.7 Å². The van der Waals surface area contributed by atoms with Crippen molar-refractivity contribution in [1.82, 2.24) is 16.0 Å². The minimum absolute atomic E-state index is 0.264. The number of hydrogen-bond acceptors (Lipinski definition) is 4. The molecule has 0 radical (unpaired) electrons. The smallest absolute Gasteiger partial charge is 0.262 e. The molecular formula is C9H17N5O2. The Morgan fingerprint density at radius 1 is 1.38 bits per heavy atom. The molecule has 0 rings (SSSR count). The van der Waals surface area contributed by atoms with Gasteiger partial charge in [0.2, 0.25) is 6.41 Å². The molecule has 0 fully saturated rings. The maximum Gasteiger partial charge on any atom is 0.262 e. The molecule has 0 heterocycles. The maximum atomic E-state index is 10.7. The maximum absolute atomic E-state index is 10.7. The highest BCUT2D eigenvalue weighted by atomic mass is 16.1. The third-order valence-electron chi connectivity index (χ3n) is 1.55. The monoisotopic (exact) mass is 227 g/mol. The summed E-state index contributed by atoms with van der Waals surface area (Å²) in [7, 11) is 1.53. The van der Waals surface area contributed by atoms with E-state index in [2.05, 4.69) is 25.9 Å². The third kappa shape index (κ3) is 10.3. The minimum Gasteiger partial charge on any atom is -0.359 e. The molecule has 7 heteroatoms. The van der Waals surface area contributed by atoms with Crippen LogP contribution < -0.4 is 16.0 Å². The number of hydrogen-bond donors (Lipinski definition) is 3. The Labute approximate surface area is 94.4 Å². The Balaban J connectivity index is 3.31. The molecule has 0 aromatic heterocycles. The van der Waals surface area contributed by atoms with E-state index in [1.807, 2.05) is 0 Å². The summed E-state index contributed by atoms with van der Waals surface area (Å²) in [6.07, 6.45) is 3.98. The van der Waals surface area contributed by atoms with Gasteiger partial charge in [0.25, 0.3) is 5.91 Å². The lowest BCUT2D eigenvalue weighted by molar-refractivity contribution is -0.114. The van der Waals surface area contributed by atoms with E-state index in [1.165, 1.54) is 13.4 Å². The van der Waals surface area contributed by atoms with E-state index in [4.69, 9.17) is 0 Å². The van der Waals surface area contributed by atoms with Crippen LogP contribution in [0.2, 0.25) is 0 Å². The van der Waals surface area contributed by atoms with Crippen LogP contribution in [0.1, 0.15) is 6.42 Å². The first-order valence-electron chi connectivity index (χ1n) is 4.92. The molecule has 0 aliphatic rings. The van der Waals surface area contributed by atoms with Crippen LogP contribution >= 0.6 is 0 Å². The van der Waals surface area contributed by atoms with Crippen LogP contribution in [-0.2, 0) is 9.59 Å². The highest BCUT2D eigenvalue weighted by molar-refractivity contribution is 6.27. The molecule has 0 aromatic rings. The molecule has 0 spiro atoms. The van der Waals surface area contributed by atoms with E-state index in [0.717, 1.165) is 19.2 Å². The fourth-order valence-electron chi connectivity index (χ4n) is 0.772. The lowest BCUT2D eigenvalue weighted by atomic mass is 10.4. The number of aliphatic imine (C=N–C) groups is 2. The fraction of sp³-hybridized carbons (Fsp3) is 0.556. The molecule has 0 bridgehead atoms. The molecular weight excluding hydrogens is 210 g/mol. The Morgan fingerprint density at radius 2 is 2.19 bits per heavy atom. The zero-order valence-electron chi connectivity index (χ0n) is 9.27. The summed E-state index contributed by atoms with van der Waals surface area (Å²) in [6, 6.07) is 0. The van der Waals surface area contributed by atoms with Gasteiger partial charge < -0.3 is 10.6 Å². The zero-order chi connectivity index (χ0) is 12.1. The van der Waals surface area contributed by atoms with Crippen LogP contribution in [0, 0.1) is 0 Å². The Kier molecular flexibility index (Phi) is 10.1. The topological polar surface area (TPSA) is 94.9 Å². The van der Waals surface area contributed by atoms with Crippen LogP contribution in [0.4, 0.5) is 0 Å². The number of carbonyl (C=O) groups is 2. The van der Waals surface area contributed by atoms with Crippen molar-refractivity contribution in [3.8, 4) is 0 Å². The van der Waals surface area contributed by atoms with Crippen molar-refractivity contribution in [3.63, 3.8) is 0 Å². The number of nitrogens with one attached hydrogen (secondary N) is 3. The van der Waals surface area contributed by atoms with Crippen molar-refractivity contribution in [2.75, 3.05) is 26.8 Å². The predicted molar refractivity (Wildman–Crippen MR) is 62.6 cm³/mol. The minimum atomic E-state index is -0.264. The molecule has 0 aliphatic carbocycles. The fourth-order valence-corrected chi connectivity index (χ4v) is 0.772. The van der Waals surface area contributed by atoms with Crippen LogP contribution in [0.15, 0.2) is 9.98 Å². The SMILES string of the molecule is CNC(=O)C=NC=NCNCCCNC=O. The molecule has 3 N–H and O–H groups in total. The number of carbonyl (C=O) groups excluding carboxylic acids is 2. The van der Waals surface area contributed by atoms with E-state index in [-0.39, 0.29) is 5.91 Å². The van der Waals surface area contributed by atoms with E-state index in [9.17, 15) is 9.59 Å². The van der Waals surface area contributed by atoms with Crippen molar-refractivity contribution >= 4 is 24.9 Å². The van der Waals surface area contributed by atoms with Crippen molar-refractivity contribution in [1.29, 1.82) is 0 Å². The van der Waals surface area contributed by atoms with Crippen LogP contribution in [0.25, 0.3) is 0 Å². The van der Waals surface area contributed by atoms with E-state index in [1.54, 1.807) is 0 Å². The first kappa shape index (κ1) is 14.2. The molecule has 0 unspecified atom stereocenters. The zero-order valence-corrected chi connectivity index (χ0v) is 9.27. The highest BCUT2D eigenvalue weighted by Gasteiger charge is 1.86. The Hall–Kier alpha value is -1.76. The largest absolute Gasteiger partial charge is 0.359 e. The van der Waals surface area contributed by atoms with E-state index >= 15 is 0 Å². The molecule has 0 saturated heterocycles. The quantitative estimate of drug-likeness (QED) is 0.194. The molecule has 16 heavy (non-hydrogen) atoms. The van der Waals surface area contributed by atoms with Crippen molar-refractivity contribution in [2.24, 2.45) is 9.98 Å². The van der Waals surface area contributed by atoms with Gasteiger partial charge in [0.05, 0.1) is 12.9 Å². The van der Waals surface area contributed by atoms with Gasteiger partial charge in [0.1, 0.15) is 6.34 Å². The first-order chi connectivity index (χ1) is 7.81. The summed E-state index contributed by atoms with van der Waals surface area (Å²) in [6.45, 7) is 1.85. The summed E-state index contributed by atoms with van der Waals surface area (Å²) in [5.41, 5.74) is 0. The van der Waals surface area contributed by atoms with Gasteiger partial charge in [-0.2, -0.15) is 0 Å². The second kappa shape index (κ2) is 11.3. The second-order valence-electron chi connectivity index (χ2n) is 2.77. The van der Waals surface area contributed by atoms with Crippen molar-refractivity contribution in [2.45, 2.75) is 6.42 Å². The standard InChI is InChI=1S/C9H17N5O2/c1-10-9(16)5-13-7-14-6-11-3-2-4-12-8-15/h5,7-8,11H,2-4,6H2,1H3,(H,10,16)(H,12,15). The van der Waals surface area contributed by atoms with Gasteiger partial charge in [-0.1, -0.05) is 0 Å². The van der Waals surface area contributed by atoms with Gasteiger partial charge in [-0.05, 0) is 13.0 Å². The molecule has 90 valence electrons. The molecule has 2 amide bonds. The molecule has 0 atom stereocenters. The van der Waals surface area contributed by atoms with E-state index in [0.29, 0.717) is 19.6 Å². The van der Waals surface area contributed by atoms with Gasteiger partial charge in [-0.3, -0.25) is 19.9 Å². The highest BCUT2D eigenvalue weighted by Crippen LogP contribution is 1.72. The number of rotatable bonds is 9. The second-order valence-corrected chi connectivity index (χ2v) is 2.77. The van der Waals surface area contributed by atoms with Crippen molar-refractivity contribution < 1.29 is 9.59 Å². The van der Waals surface area contributed by atoms with Crippen LogP contribution in [0.5, 0.6) is 0 Å². The normalized spacial score (nSPS) is 10.8. The van der Waals surface area contributed by atoms with E-state index < -0.39 is 0 Å². The summed E-state index contributed by atoms with van der Waals surface area (Å²) in [5, 5.41) is 7.96. The molecule has 0 saturated carbocycles. The van der Waals surface area contributed by atoms with Gasteiger partial charge in [0.15, 0.2) is 0 Å². The lowest BCUT2D eigenvalue weighted by Gasteiger charge is -1.99. The predicted octanol–water partition coefficient (Wildman–Crippen LogP) is -1.49. The summed E-state index contributed by atoms with van der Waals surface area (Å²) < 4.78 is 0. The lowest BCUT2D eigenvalue weighted by Crippen LogP contribution is -2.21. The summed E-state index contributed by atoms with van der Waals surface area (Å²) in [4.78, 5) is 28.1. The molecule has 0 aliphatic heterocycles. The average Bonchev–Trinajstić information content (AvgIpc) is 2.31. The van der Waals surface area contributed by atoms with Gasteiger partial charge >= 0.3 is 0 Å². The van der Waals surface area contributed by atoms with Gasteiger partial charge in [-0.15, -0.1) is 0 Å². The molecule has 0 aromatic carbocycles. The third-order valence-corrected chi connectivity index (χ3v) is 1.55. The Morgan fingerprint density at radius 3 is 2.88 bits per heavy atom. The van der Waals surface area contributed by atoms with Gasteiger partial charge in [-0.25, -0.2) is 4.99 Å². The van der Waals surface area contributed by atoms with Crippen LogP contribution in [0.3, 0.4) is 0 Å².